The van der Waals surface area contributed by atoms with Gasteiger partial charge in [-0.2, -0.15) is 0 Å². The molecule has 1 aromatic carbocycles. The van der Waals surface area contributed by atoms with Crippen LogP contribution in [0.5, 0.6) is 0 Å². The molecule has 0 radical (unpaired) electrons. The molecule has 116 valence electrons. The number of aryl methyl sites for hydroxylation is 2. The molecular weight excluding hydrogens is 288 g/mol. The SMILES string of the molecule is CCOC(=O)C(N)CSCC(=O)Nc1c(C)cccc1C. The molecule has 1 aromatic rings. The fourth-order valence-corrected chi connectivity index (χ4v) is 2.55. The Labute approximate surface area is 129 Å². The molecular formula is C15H22N2O3S. The molecule has 0 aliphatic rings. The monoisotopic (exact) mass is 310 g/mol. The van der Waals surface area contributed by atoms with E-state index in [1.807, 2.05) is 32.0 Å². The Bertz CT molecular complexity index is 485. The second-order valence-corrected chi connectivity index (χ2v) is 5.72. The largest absolute Gasteiger partial charge is 0.465 e. The van der Waals surface area contributed by atoms with E-state index in [0.29, 0.717) is 12.4 Å². The molecule has 0 aliphatic carbocycles. The highest BCUT2D eigenvalue weighted by Crippen LogP contribution is 2.19. The molecule has 6 heteroatoms. The van der Waals surface area contributed by atoms with Gasteiger partial charge in [-0.1, -0.05) is 18.2 Å². The highest BCUT2D eigenvalue weighted by atomic mass is 32.2. The van der Waals surface area contributed by atoms with Crippen molar-refractivity contribution in [3.8, 4) is 0 Å². The van der Waals surface area contributed by atoms with Gasteiger partial charge in [0, 0.05) is 11.4 Å². The zero-order chi connectivity index (χ0) is 15.8. The minimum absolute atomic E-state index is 0.103. The lowest BCUT2D eigenvalue weighted by molar-refractivity contribution is -0.144. The Kier molecular flexibility index (Phi) is 7.25. The molecule has 1 unspecified atom stereocenters. The van der Waals surface area contributed by atoms with Gasteiger partial charge in [0.05, 0.1) is 12.4 Å². The summed E-state index contributed by atoms with van der Waals surface area (Å²) in [5.41, 5.74) is 8.56. The van der Waals surface area contributed by atoms with Gasteiger partial charge < -0.3 is 15.8 Å². The Morgan fingerprint density at radius 3 is 2.52 bits per heavy atom. The second kappa shape index (κ2) is 8.69. The number of hydrogen-bond acceptors (Lipinski definition) is 5. The van der Waals surface area contributed by atoms with Gasteiger partial charge in [-0.3, -0.25) is 9.59 Å². The molecule has 0 heterocycles. The number of nitrogens with one attached hydrogen (secondary N) is 1. The number of nitrogens with two attached hydrogens (primary N) is 1. The summed E-state index contributed by atoms with van der Waals surface area (Å²) < 4.78 is 4.81. The summed E-state index contributed by atoms with van der Waals surface area (Å²) >= 11 is 1.32. The van der Waals surface area contributed by atoms with Crippen molar-refractivity contribution in [2.75, 3.05) is 23.4 Å². The lowest BCUT2D eigenvalue weighted by Crippen LogP contribution is -2.35. The Morgan fingerprint density at radius 2 is 1.95 bits per heavy atom. The van der Waals surface area contributed by atoms with Crippen LogP contribution in [0.3, 0.4) is 0 Å². The summed E-state index contributed by atoms with van der Waals surface area (Å²) in [4.78, 5) is 23.2. The molecule has 5 nitrogen and oxygen atoms in total. The highest BCUT2D eigenvalue weighted by Gasteiger charge is 2.15. The average Bonchev–Trinajstić information content (AvgIpc) is 2.43. The number of hydrogen-bond donors (Lipinski definition) is 2. The molecule has 3 N–H and O–H groups in total. The van der Waals surface area contributed by atoms with Crippen molar-refractivity contribution in [3.63, 3.8) is 0 Å². The van der Waals surface area contributed by atoms with Crippen LogP contribution in [0.4, 0.5) is 5.69 Å². The molecule has 0 aromatic heterocycles. The Balaban J connectivity index is 2.40. The zero-order valence-electron chi connectivity index (χ0n) is 12.6. The van der Waals surface area contributed by atoms with Gasteiger partial charge in [-0.25, -0.2) is 0 Å². The van der Waals surface area contributed by atoms with E-state index in [9.17, 15) is 9.59 Å². The van der Waals surface area contributed by atoms with Crippen LogP contribution in [0, 0.1) is 13.8 Å². The summed E-state index contributed by atoms with van der Waals surface area (Å²) in [5.74, 6) is 0.0773. The summed E-state index contributed by atoms with van der Waals surface area (Å²) in [7, 11) is 0. The van der Waals surface area contributed by atoms with Crippen LogP contribution >= 0.6 is 11.8 Å². The number of anilines is 1. The molecule has 0 aliphatic heterocycles. The molecule has 0 bridgehead atoms. The van der Waals surface area contributed by atoms with Crippen LogP contribution in [-0.2, 0) is 14.3 Å². The van der Waals surface area contributed by atoms with Crippen LogP contribution in [0.2, 0.25) is 0 Å². The first-order valence-corrected chi connectivity index (χ1v) is 7.97. The predicted molar refractivity (Wildman–Crippen MR) is 86.5 cm³/mol. The second-order valence-electron chi connectivity index (χ2n) is 4.69. The Morgan fingerprint density at radius 1 is 1.33 bits per heavy atom. The van der Waals surface area contributed by atoms with E-state index in [1.165, 1.54) is 11.8 Å². The third-order valence-corrected chi connectivity index (χ3v) is 3.93. The van der Waals surface area contributed by atoms with Crippen molar-refractivity contribution >= 4 is 29.3 Å². The number of benzene rings is 1. The van der Waals surface area contributed by atoms with E-state index in [1.54, 1.807) is 6.92 Å². The Hall–Kier alpha value is -1.53. The number of rotatable bonds is 7. The number of esters is 1. The van der Waals surface area contributed by atoms with Gasteiger partial charge in [0.25, 0.3) is 0 Å². The van der Waals surface area contributed by atoms with E-state index in [-0.39, 0.29) is 11.7 Å². The maximum atomic E-state index is 11.9. The third kappa shape index (κ3) is 5.77. The summed E-state index contributed by atoms with van der Waals surface area (Å²) in [6.07, 6.45) is 0. The van der Waals surface area contributed by atoms with E-state index in [2.05, 4.69) is 5.32 Å². The van der Waals surface area contributed by atoms with Crippen LogP contribution in [0.1, 0.15) is 18.1 Å². The summed E-state index contributed by atoms with van der Waals surface area (Å²) in [6.45, 7) is 5.94. The zero-order valence-corrected chi connectivity index (χ0v) is 13.5. The van der Waals surface area contributed by atoms with Crippen molar-refractivity contribution in [1.29, 1.82) is 0 Å². The van der Waals surface area contributed by atoms with Crippen LogP contribution < -0.4 is 11.1 Å². The quantitative estimate of drug-likeness (QED) is 0.751. The molecule has 0 saturated carbocycles. The first kappa shape index (κ1) is 17.5. The van der Waals surface area contributed by atoms with Crippen molar-refractivity contribution < 1.29 is 14.3 Å². The minimum Gasteiger partial charge on any atom is -0.465 e. The van der Waals surface area contributed by atoms with Crippen molar-refractivity contribution in [2.24, 2.45) is 5.73 Å². The molecule has 1 atom stereocenters. The molecule has 0 fully saturated rings. The molecule has 0 spiro atoms. The molecule has 1 amide bonds. The average molecular weight is 310 g/mol. The number of carbonyl (C=O) groups is 2. The van der Waals surface area contributed by atoms with Gasteiger partial charge >= 0.3 is 5.97 Å². The maximum absolute atomic E-state index is 11.9. The fraction of sp³-hybridized carbons (Fsp3) is 0.467. The number of para-hydroxylation sites is 1. The van der Waals surface area contributed by atoms with E-state index < -0.39 is 12.0 Å². The van der Waals surface area contributed by atoms with Crippen molar-refractivity contribution in [1.82, 2.24) is 0 Å². The van der Waals surface area contributed by atoms with Gasteiger partial charge in [-0.05, 0) is 31.9 Å². The van der Waals surface area contributed by atoms with Crippen LogP contribution in [0.15, 0.2) is 18.2 Å². The molecule has 21 heavy (non-hydrogen) atoms. The van der Waals surface area contributed by atoms with E-state index in [4.69, 9.17) is 10.5 Å². The van der Waals surface area contributed by atoms with Gasteiger partial charge in [0.1, 0.15) is 6.04 Å². The number of ether oxygens (including phenoxy) is 1. The first-order valence-electron chi connectivity index (χ1n) is 6.81. The molecule has 1 rings (SSSR count). The highest BCUT2D eigenvalue weighted by molar-refractivity contribution is 8.00. The van der Waals surface area contributed by atoms with Crippen molar-refractivity contribution in [2.45, 2.75) is 26.8 Å². The van der Waals surface area contributed by atoms with E-state index in [0.717, 1.165) is 16.8 Å². The normalized spacial score (nSPS) is 11.8. The fourth-order valence-electron chi connectivity index (χ4n) is 1.78. The summed E-state index contributed by atoms with van der Waals surface area (Å²) in [5, 5.41) is 2.89. The van der Waals surface area contributed by atoms with E-state index >= 15 is 0 Å². The third-order valence-electron chi connectivity index (χ3n) is 2.87. The van der Waals surface area contributed by atoms with Gasteiger partial charge in [0.15, 0.2) is 0 Å². The smallest absolute Gasteiger partial charge is 0.323 e. The topological polar surface area (TPSA) is 81.4 Å². The van der Waals surface area contributed by atoms with Gasteiger partial charge in [-0.15, -0.1) is 11.8 Å². The number of amides is 1. The standard InChI is InChI=1S/C15H22N2O3S/c1-4-20-15(19)12(16)8-21-9-13(18)17-14-10(2)6-5-7-11(14)3/h5-7,12H,4,8-9,16H2,1-3H3,(H,17,18). The number of carbonyl (C=O) groups excluding carboxylic acids is 2. The lowest BCUT2D eigenvalue weighted by atomic mass is 10.1. The number of thioether (sulfide) groups is 1. The maximum Gasteiger partial charge on any atom is 0.323 e. The van der Waals surface area contributed by atoms with Crippen LogP contribution in [-0.4, -0.2) is 36.0 Å². The molecule has 0 saturated heterocycles. The summed E-state index contributed by atoms with van der Waals surface area (Å²) in [6, 6.07) is 5.16. The lowest BCUT2D eigenvalue weighted by Gasteiger charge is -2.12. The first-order chi connectivity index (χ1) is 9.95. The van der Waals surface area contributed by atoms with Gasteiger partial charge in [0.2, 0.25) is 5.91 Å². The predicted octanol–water partition coefficient (Wildman–Crippen LogP) is 1.87. The minimum atomic E-state index is -0.692. The van der Waals surface area contributed by atoms with Crippen LogP contribution in [0.25, 0.3) is 0 Å². The van der Waals surface area contributed by atoms with Crippen molar-refractivity contribution in [3.05, 3.63) is 29.3 Å².